The maximum absolute atomic E-state index is 12.5. The van der Waals surface area contributed by atoms with Crippen LogP contribution in [0.4, 0.5) is 18.3 Å². The van der Waals surface area contributed by atoms with Crippen LogP contribution in [0.3, 0.4) is 0 Å². The summed E-state index contributed by atoms with van der Waals surface area (Å²) in [6.07, 6.45) is -0.650. The Balaban J connectivity index is 2.08. The molecule has 1 aromatic rings. The SMILES string of the molecule is NCCCC1CCCN1c1nnc(C(F)(F)F)s1. The molecule has 2 rings (SSSR count). The van der Waals surface area contributed by atoms with E-state index in [2.05, 4.69) is 10.2 Å². The van der Waals surface area contributed by atoms with Crippen molar-refractivity contribution in [3.8, 4) is 0 Å². The van der Waals surface area contributed by atoms with E-state index in [-0.39, 0.29) is 6.04 Å². The van der Waals surface area contributed by atoms with Gasteiger partial charge in [-0.15, -0.1) is 10.2 Å². The van der Waals surface area contributed by atoms with E-state index in [1.807, 2.05) is 4.90 Å². The van der Waals surface area contributed by atoms with Crippen LogP contribution in [0, 0.1) is 0 Å². The molecular weight excluding hydrogens is 265 g/mol. The second-order valence-corrected chi connectivity index (χ2v) is 5.26. The molecule has 2 heterocycles. The van der Waals surface area contributed by atoms with Gasteiger partial charge in [0.15, 0.2) is 0 Å². The lowest BCUT2D eigenvalue weighted by Gasteiger charge is -2.23. The molecule has 0 aliphatic carbocycles. The Morgan fingerprint density at radius 3 is 2.78 bits per heavy atom. The molecule has 1 atom stereocenters. The molecular formula is C10H15F3N4S. The Bertz CT molecular complexity index is 393. The number of halogens is 3. The van der Waals surface area contributed by atoms with Crippen LogP contribution in [-0.2, 0) is 6.18 Å². The second kappa shape index (κ2) is 5.40. The summed E-state index contributed by atoms with van der Waals surface area (Å²) in [4.78, 5) is 1.93. The first-order chi connectivity index (χ1) is 8.52. The summed E-state index contributed by atoms with van der Waals surface area (Å²) >= 11 is 0.622. The number of hydrogen-bond acceptors (Lipinski definition) is 5. The fourth-order valence-corrected chi connectivity index (χ4v) is 3.00. The fourth-order valence-electron chi connectivity index (χ4n) is 2.19. The van der Waals surface area contributed by atoms with E-state index in [0.29, 0.717) is 23.0 Å². The lowest BCUT2D eigenvalue weighted by molar-refractivity contribution is -0.138. The van der Waals surface area contributed by atoms with Crippen molar-refractivity contribution >= 4 is 16.5 Å². The molecule has 2 N–H and O–H groups in total. The van der Waals surface area contributed by atoms with Crippen molar-refractivity contribution in [1.82, 2.24) is 10.2 Å². The predicted octanol–water partition coefficient (Wildman–Crippen LogP) is 2.26. The second-order valence-electron chi connectivity index (χ2n) is 4.31. The zero-order valence-electron chi connectivity index (χ0n) is 9.78. The van der Waals surface area contributed by atoms with Gasteiger partial charge in [-0.1, -0.05) is 11.3 Å². The third-order valence-corrected chi connectivity index (χ3v) is 4.03. The van der Waals surface area contributed by atoms with E-state index >= 15 is 0 Å². The average Bonchev–Trinajstić information content (AvgIpc) is 2.93. The molecule has 0 saturated carbocycles. The van der Waals surface area contributed by atoms with E-state index in [0.717, 1.165) is 32.2 Å². The number of alkyl halides is 3. The Kier molecular flexibility index (Phi) is 4.06. The standard InChI is InChI=1S/C10H15F3N4S/c11-10(12,13)8-15-16-9(18-8)17-6-2-4-7(17)3-1-5-14/h7H,1-6,14H2. The van der Waals surface area contributed by atoms with Crippen molar-refractivity contribution in [1.29, 1.82) is 0 Å². The van der Waals surface area contributed by atoms with Gasteiger partial charge in [-0.2, -0.15) is 13.2 Å². The maximum Gasteiger partial charge on any atom is 0.445 e. The van der Waals surface area contributed by atoms with Crippen molar-refractivity contribution in [3.05, 3.63) is 5.01 Å². The fraction of sp³-hybridized carbons (Fsp3) is 0.800. The molecule has 102 valence electrons. The van der Waals surface area contributed by atoms with E-state index in [4.69, 9.17) is 5.73 Å². The van der Waals surface area contributed by atoms with Crippen LogP contribution in [0.25, 0.3) is 0 Å². The Hall–Kier alpha value is -0.890. The van der Waals surface area contributed by atoms with Gasteiger partial charge in [-0.3, -0.25) is 0 Å². The van der Waals surface area contributed by atoms with Gasteiger partial charge < -0.3 is 10.6 Å². The summed E-state index contributed by atoms with van der Waals surface area (Å²) in [5.41, 5.74) is 5.46. The molecule has 0 spiro atoms. The average molecular weight is 280 g/mol. The lowest BCUT2D eigenvalue weighted by atomic mass is 10.1. The molecule has 1 saturated heterocycles. The van der Waals surface area contributed by atoms with E-state index in [9.17, 15) is 13.2 Å². The topological polar surface area (TPSA) is 55.0 Å². The minimum Gasteiger partial charge on any atom is -0.344 e. The highest BCUT2D eigenvalue weighted by atomic mass is 32.1. The summed E-state index contributed by atoms with van der Waals surface area (Å²) in [5, 5.41) is 6.39. The molecule has 1 unspecified atom stereocenters. The third kappa shape index (κ3) is 2.92. The first kappa shape index (κ1) is 13.5. The zero-order chi connectivity index (χ0) is 13.2. The van der Waals surface area contributed by atoms with Crippen LogP contribution in [0.2, 0.25) is 0 Å². The molecule has 4 nitrogen and oxygen atoms in total. The summed E-state index contributed by atoms with van der Waals surface area (Å²) < 4.78 is 37.4. The van der Waals surface area contributed by atoms with Gasteiger partial charge in [-0.05, 0) is 32.2 Å². The number of aromatic nitrogens is 2. The van der Waals surface area contributed by atoms with Gasteiger partial charge in [0.05, 0.1) is 0 Å². The minimum atomic E-state index is -4.40. The number of hydrogen-bond donors (Lipinski definition) is 1. The highest BCUT2D eigenvalue weighted by Gasteiger charge is 2.37. The predicted molar refractivity (Wildman–Crippen MR) is 63.6 cm³/mol. The smallest absolute Gasteiger partial charge is 0.344 e. The number of nitrogens with two attached hydrogens (primary N) is 1. The van der Waals surface area contributed by atoms with E-state index in [1.54, 1.807) is 0 Å². The Morgan fingerprint density at radius 1 is 1.39 bits per heavy atom. The van der Waals surface area contributed by atoms with Gasteiger partial charge in [0.25, 0.3) is 0 Å². The van der Waals surface area contributed by atoms with Gasteiger partial charge in [0, 0.05) is 12.6 Å². The monoisotopic (exact) mass is 280 g/mol. The molecule has 0 bridgehead atoms. The number of nitrogens with zero attached hydrogens (tertiary/aromatic N) is 3. The number of anilines is 1. The molecule has 1 aliphatic heterocycles. The molecule has 0 radical (unpaired) electrons. The van der Waals surface area contributed by atoms with Crippen LogP contribution in [0.15, 0.2) is 0 Å². The summed E-state index contributed by atoms with van der Waals surface area (Å²) in [7, 11) is 0. The van der Waals surface area contributed by atoms with Crippen molar-refractivity contribution in [2.45, 2.75) is 37.9 Å². The molecule has 0 amide bonds. The van der Waals surface area contributed by atoms with Crippen LogP contribution >= 0.6 is 11.3 Å². The molecule has 1 aliphatic rings. The van der Waals surface area contributed by atoms with Gasteiger partial charge in [0.2, 0.25) is 10.1 Å². The van der Waals surface area contributed by atoms with Crippen LogP contribution in [0.1, 0.15) is 30.7 Å². The normalized spacial score (nSPS) is 20.7. The molecule has 8 heteroatoms. The van der Waals surface area contributed by atoms with Crippen molar-refractivity contribution in [2.24, 2.45) is 5.73 Å². The summed E-state index contributed by atoms with van der Waals surface area (Å²) in [6, 6.07) is 0.252. The molecule has 1 aromatic heterocycles. The largest absolute Gasteiger partial charge is 0.445 e. The van der Waals surface area contributed by atoms with E-state index in [1.165, 1.54) is 0 Å². The number of rotatable bonds is 4. The van der Waals surface area contributed by atoms with Gasteiger partial charge in [0.1, 0.15) is 0 Å². The summed E-state index contributed by atoms with van der Waals surface area (Å²) in [5.74, 6) is 0. The van der Waals surface area contributed by atoms with Gasteiger partial charge >= 0.3 is 6.18 Å². The van der Waals surface area contributed by atoms with Crippen LogP contribution in [-0.4, -0.2) is 29.3 Å². The Labute approximate surface area is 107 Å². The Morgan fingerprint density at radius 2 is 2.17 bits per heavy atom. The first-order valence-electron chi connectivity index (χ1n) is 5.90. The molecule has 1 fully saturated rings. The highest BCUT2D eigenvalue weighted by Crippen LogP contribution is 2.36. The zero-order valence-corrected chi connectivity index (χ0v) is 10.6. The van der Waals surface area contributed by atoms with Crippen molar-refractivity contribution in [3.63, 3.8) is 0 Å². The summed E-state index contributed by atoms with van der Waals surface area (Å²) in [6.45, 7) is 1.36. The van der Waals surface area contributed by atoms with Crippen LogP contribution in [0.5, 0.6) is 0 Å². The van der Waals surface area contributed by atoms with Gasteiger partial charge in [-0.25, -0.2) is 0 Å². The quantitative estimate of drug-likeness (QED) is 0.919. The van der Waals surface area contributed by atoms with Crippen molar-refractivity contribution < 1.29 is 13.2 Å². The first-order valence-corrected chi connectivity index (χ1v) is 6.71. The third-order valence-electron chi connectivity index (χ3n) is 3.02. The highest BCUT2D eigenvalue weighted by molar-refractivity contribution is 7.15. The minimum absolute atomic E-state index is 0.252. The molecule has 0 aromatic carbocycles. The van der Waals surface area contributed by atoms with Crippen molar-refractivity contribution in [2.75, 3.05) is 18.0 Å². The van der Waals surface area contributed by atoms with E-state index < -0.39 is 11.2 Å². The maximum atomic E-state index is 12.5. The lowest BCUT2D eigenvalue weighted by Crippen LogP contribution is -2.29. The van der Waals surface area contributed by atoms with Crippen LogP contribution < -0.4 is 10.6 Å². The molecule has 18 heavy (non-hydrogen) atoms.